The number of hydrogen-bond donors (Lipinski definition) is 0. The van der Waals surface area contributed by atoms with E-state index in [4.69, 9.17) is 5.53 Å². The van der Waals surface area contributed by atoms with E-state index in [1.54, 1.807) is 0 Å². The Hall–Kier alpha value is -2.98. The van der Waals surface area contributed by atoms with Crippen LogP contribution in [-0.4, -0.2) is 37.0 Å². The summed E-state index contributed by atoms with van der Waals surface area (Å²) in [4.78, 5) is 19.6. The highest BCUT2D eigenvalue weighted by atomic mass is 16.2. The quantitative estimate of drug-likeness (QED) is 0.478. The molecule has 2 aromatic carbocycles. The zero-order chi connectivity index (χ0) is 17.6. The van der Waals surface area contributed by atoms with E-state index < -0.39 is 0 Å². The summed E-state index contributed by atoms with van der Waals surface area (Å²) in [5.74, 6) is 0.0982. The third-order valence-corrected chi connectivity index (χ3v) is 4.55. The Morgan fingerprint density at radius 1 is 1.04 bits per heavy atom. The van der Waals surface area contributed by atoms with Crippen molar-refractivity contribution in [1.82, 2.24) is 4.90 Å². The van der Waals surface area contributed by atoms with Crippen LogP contribution in [0.1, 0.15) is 22.8 Å². The minimum absolute atomic E-state index is 0.0982. The van der Waals surface area contributed by atoms with E-state index in [0.717, 1.165) is 30.8 Å². The molecular weight excluding hydrogens is 314 g/mol. The van der Waals surface area contributed by atoms with Crippen LogP contribution in [0.25, 0.3) is 10.4 Å². The lowest BCUT2D eigenvalue weighted by atomic mass is 10.1. The van der Waals surface area contributed by atoms with Crippen LogP contribution in [0.2, 0.25) is 0 Å². The molecule has 0 spiro atoms. The van der Waals surface area contributed by atoms with Crippen molar-refractivity contribution in [3.63, 3.8) is 0 Å². The number of rotatable bonds is 4. The maximum Gasteiger partial charge on any atom is 0.253 e. The molecule has 0 radical (unpaired) electrons. The third-order valence-electron chi connectivity index (χ3n) is 4.55. The SMILES string of the molecule is CCc1ccc(C(=O)N2CCN(c3ccc(N=[N+]=[N-])cc3)CC2)cc1. The molecule has 1 aliphatic heterocycles. The Morgan fingerprint density at radius 2 is 1.68 bits per heavy atom. The average Bonchev–Trinajstić information content (AvgIpc) is 2.68. The van der Waals surface area contributed by atoms with E-state index in [9.17, 15) is 4.79 Å². The summed E-state index contributed by atoms with van der Waals surface area (Å²) in [5.41, 5.74) is 12.1. The van der Waals surface area contributed by atoms with Crippen LogP contribution in [0.4, 0.5) is 11.4 Å². The number of carbonyl (C=O) groups excluding carboxylic acids is 1. The minimum atomic E-state index is 0.0982. The fourth-order valence-electron chi connectivity index (χ4n) is 3.02. The molecular formula is C19H21N5O. The number of amides is 1. The molecule has 0 saturated carbocycles. The predicted molar refractivity (Wildman–Crippen MR) is 99.2 cm³/mol. The molecule has 6 heteroatoms. The van der Waals surface area contributed by atoms with E-state index in [1.165, 1.54) is 5.56 Å². The molecule has 1 fully saturated rings. The van der Waals surface area contributed by atoms with Gasteiger partial charge in [0.25, 0.3) is 5.91 Å². The van der Waals surface area contributed by atoms with Crippen molar-refractivity contribution < 1.29 is 4.79 Å². The molecule has 3 rings (SSSR count). The number of piperazine rings is 1. The minimum Gasteiger partial charge on any atom is -0.368 e. The van der Waals surface area contributed by atoms with Crippen LogP contribution in [0.3, 0.4) is 0 Å². The molecule has 0 aromatic heterocycles. The summed E-state index contributed by atoms with van der Waals surface area (Å²) >= 11 is 0. The van der Waals surface area contributed by atoms with Crippen LogP contribution >= 0.6 is 0 Å². The highest BCUT2D eigenvalue weighted by Gasteiger charge is 2.22. The first-order valence-corrected chi connectivity index (χ1v) is 8.49. The molecule has 0 unspecified atom stereocenters. The highest BCUT2D eigenvalue weighted by Crippen LogP contribution is 2.21. The predicted octanol–water partition coefficient (Wildman–Crippen LogP) is 4.15. The lowest BCUT2D eigenvalue weighted by Crippen LogP contribution is -2.48. The molecule has 25 heavy (non-hydrogen) atoms. The van der Waals surface area contributed by atoms with Crippen molar-refractivity contribution in [1.29, 1.82) is 0 Å². The molecule has 2 aromatic rings. The number of azide groups is 1. The second kappa shape index (κ2) is 7.73. The maximum absolute atomic E-state index is 12.6. The van der Waals surface area contributed by atoms with Gasteiger partial charge >= 0.3 is 0 Å². The van der Waals surface area contributed by atoms with Crippen molar-refractivity contribution in [2.45, 2.75) is 13.3 Å². The van der Waals surface area contributed by atoms with Gasteiger partial charge in [0.05, 0.1) is 0 Å². The zero-order valence-corrected chi connectivity index (χ0v) is 14.3. The summed E-state index contributed by atoms with van der Waals surface area (Å²) in [6, 6.07) is 15.4. The molecule has 1 heterocycles. The summed E-state index contributed by atoms with van der Waals surface area (Å²) in [7, 11) is 0. The van der Waals surface area contributed by atoms with Gasteiger partial charge in [-0.15, -0.1) is 0 Å². The highest BCUT2D eigenvalue weighted by molar-refractivity contribution is 5.94. The first kappa shape index (κ1) is 16.9. The Labute approximate surface area is 147 Å². The van der Waals surface area contributed by atoms with E-state index in [1.807, 2.05) is 53.4 Å². The van der Waals surface area contributed by atoms with E-state index in [2.05, 4.69) is 21.8 Å². The van der Waals surface area contributed by atoms with Crippen LogP contribution in [-0.2, 0) is 6.42 Å². The first-order chi connectivity index (χ1) is 12.2. The molecule has 1 aliphatic rings. The summed E-state index contributed by atoms with van der Waals surface area (Å²) in [6.45, 7) is 5.09. The summed E-state index contributed by atoms with van der Waals surface area (Å²) < 4.78 is 0. The number of anilines is 1. The summed E-state index contributed by atoms with van der Waals surface area (Å²) in [6.07, 6.45) is 0.978. The third kappa shape index (κ3) is 3.92. The second-order valence-corrected chi connectivity index (χ2v) is 6.04. The lowest BCUT2D eigenvalue weighted by Gasteiger charge is -2.36. The second-order valence-electron chi connectivity index (χ2n) is 6.04. The van der Waals surface area contributed by atoms with Crippen LogP contribution in [0.15, 0.2) is 53.6 Å². The van der Waals surface area contributed by atoms with Gasteiger partial charge in [0, 0.05) is 48.0 Å². The van der Waals surface area contributed by atoms with Crippen molar-refractivity contribution in [3.8, 4) is 0 Å². The van der Waals surface area contributed by atoms with Gasteiger partial charge in [-0.3, -0.25) is 4.79 Å². The number of benzene rings is 2. The fraction of sp³-hybridized carbons (Fsp3) is 0.316. The van der Waals surface area contributed by atoms with Gasteiger partial charge in [-0.1, -0.05) is 36.3 Å². The first-order valence-electron chi connectivity index (χ1n) is 8.49. The largest absolute Gasteiger partial charge is 0.368 e. The molecule has 6 nitrogen and oxygen atoms in total. The molecule has 1 saturated heterocycles. The number of aryl methyl sites for hydroxylation is 1. The van der Waals surface area contributed by atoms with Gasteiger partial charge in [0.1, 0.15) is 0 Å². The molecule has 0 atom stereocenters. The Balaban J connectivity index is 1.60. The van der Waals surface area contributed by atoms with Gasteiger partial charge in [-0.05, 0) is 41.8 Å². The smallest absolute Gasteiger partial charge is 0.253 e. The standard InChI is InChI=1S/C19H21N5O/c1-2-15-3-5-16(6-4-15)19(25)24-13-11-23(12-14-24)18-9-7-17(8-10-18)21-22-20/h3-10H,2,11-14H2,1H3. The van der Waals surface area contributed by atoms with Crippen molar-refractivity contribution in [3.05, 3.63) is 70.1 Å². The van der Waals surface area contributed by atoms with Gasteiger partial charge < -0.3 is 9.80 Å². The normalized spacial score (nSPS) is 14.1. The summed E-state index contributed by atoms with van der Waals surface area (Å²) in [5, 5.41) is 3.58. The Kier molecular flexibility index (Phi) is 5.21. The van der Waals surface area contributed by atoms with Crippen LogP contribution in [0, 0.1) is 0 Å². The molecule has 0 N–H and O–H groups in total. The number of hydrogen-bond acceptors (Lipinski definition) is 3. The Bertz CT molecular complexity index is 770. The number of nitrogens with zero attached hydrogens (tertiary/aromatic N) is 5. The topological polar surface area (TPSA) is 72.3 Å². The Morgan fingerprint density at radius 3 is 2.24 bits per heavy atom. The van der Waals surface area contributed by atoms with Crippen molar-refractivity contribution >= 4 is 17.3 Å². The average molecular weight is 335 g/mol. The molecule has 1 amide bonds. The molecule has 0 aliphatic carbocycles. The van der Waals surface area contributed by atoms with Crippen LogP contribution in [0.5, 0.6) is 0 Å². The zero-order valence-electron chi connectivity index (χ0n) is 14.3. The van der Waals surface area contributed by atoms with Gasteiger partial charge in [-0.2, -0.15) is 0 Å². The molecule has 128 valence electrons. The van der Waals surface area contributed by atoms with Gasteiger partial charge in [-0.25, -0.2) is 0 Å². The fourth-order valence-corrected chi connectivity index (χ4v) is 3.02. The maximum atomic E-state index is 12.6. The van der Waals surface area contributed by atoms with E-state index >= 15 is 0 Å². The number of carbonyl (C=O) groups is 1. The van der Waals surface area contributed by atoms with E-state index in [0.29, 0.717) is 18.8 Å². The van der Waals surface area contributed by atoms with Crippen molar-refractivity contribution in [2.24, 2.45) is 5.11 Å². The van der Waals surface area contributed by atoms with Crippen molar-refractivity contribution in [2.75, 3.05) is 31.1 Å². The van der Waals surface area contributed by atoms with Gasteiger partial charge in [0.15, 0.2) is 0 Å². The van der Waals surface area contributed by atoms with Gasteiger partial charge in [0.2, 0.25) is 0 Å². The lowest BCUT2D eigenvalue weighted by molar-refractivity contribution is 0.0747. The van der Waals surface area contributed by atoms with E-state index in [-0.39, 0.29) is 5.91 Å². The monoisotopic (exact) mass is 335 g/mol. The van der Waals surface area contributed by atoms with Crippen LogP contribution < -0.4 is 4.90 Å². The molecule has 0 bridgehead atoms.